The summed E-state index contributed by atoms with van der Waals surface area (Å²) < 4.78 is 25.5. The number of carbonyl (C=O) groups is 2. The van der Waals surface area contributed by atoms with Crippen LogP contribution in [0.15, 0.2) is 4.34 Å². The molecule has 9 nitrogen and oxygen atoms in total. The quantitative estimate of drug-likeness (QED) is 0.602. The van der Waals surface area contributed by atoms with E-state index in [9.17, 15) is 18.0 Å². The minimum absolute atomic E-state index is 0.0280. The van der Waals surface area contributed by atoms with Gasteiger partial charge in [0.1, 0.15) is 6.04 Å². The van der Waals surface area contributed by atoms with Crippen LogP contribution in [0, 0.1) is 0 Å². The standard InChI is InChI=1S/C9H14N4O5S2/c1-3-4-6(7(15)16)13-20(17,18)9-12-11-8(19-9)10-5(2)14/h6,13H,3-4H2,1-2H3,(H,15,16)(H,10,11,14)/t6-/m0/s1. The van der Waals surface area contributed by atoms with Crippen LogP contribution >= 0.6 is 11.3 Å². The number of carboxylic acid groups (broad SMARTS) is 1. The summed E-state index contributed by atoms with van der Waals surface area (Å²) in [4.78, 5) is 21.7. The minimum atomic E-state index is -4.08. The molecule has 3 N–H and O–H groups in total. The fraction of sp³-hybridized carbons (Fsp3) is 0.556. The van der Waals surface area contributed by atoms with Crippen LogP contribution in [-0.4, -0.2) is 41.6 Å². The van der Waals surface area contributed by atoms with E-state index in [4.69, 9.17) is 5.11 Å². The van der Waals surface area contributed by atoms with Gasteiger partial charge < -0.3 is 10.4 Å². The number of aliphatic carboxylic acids is 1. The zero-order chi connectivity index (χ0) is 15.3. The number of nitrogens with zero attached hydrogens (tertiary/aromatic N) is 2. The van der Waals surface area contributed by atoms with Gasteiger partial charge in [-0.15, -0.1) is 10.2 Å². The largest absolute Gasteiger partial charge is 0.480 e. The van der Waals surface area contributed by atoms with E-state index >= 15 is 0 Å². The number of rotatable bonds is 7. The lowest BCUT2D eigenvalue weighted by molar-refractivity contribution is -0.139. The number of nitrogens with one attached hydrogen (secondary N) is 2. The van der Waals surface area contributed by atoms with Gasteiger partial charge in [0.2, 0.25) is 15.4 Å². The average Bonchev–Trinajstić information content (AvgIpc) is 2.76. The molecule has 0 aliphatic rings. The normalized spacial score (nSPS) is 12.9. The molecule has 11 heteroatoms. The van der Waals surface area contributed by atoms with Gasteiger partial charge in [-0.1, -0.05) is 24.7 Å². The minimum Gasteiger partial charge on any atom is -0.480 e. The number of anilines is 1. The molecule has 0 spiro atoms. The first-order chi connectivity index (χ1) is 9.26. The van der Waals surface area contributed by atoms with Crippen molar-refractivity contribution in [2.45, 2.75) is 37.1 Å². The van der Waals surface area contributed by atoms with Crippen molar-refractivity contribution >= 4 is 38.4 Å². The van der Waals surface area contributed by atoms with Crippen LogP contribution < -0.4 is 10.0 Å². The molecule has 1 rings (SSSR count). The SMILES string of the molecule is CCC[C@H](NS(=O)(=O)c1nnc(NC(C)=O)s1)C(=O)O. The van der Waals surface area contributed by atoms with Gasteiger partial charge in [0.25, 0.3) is 10.0 Å². The van der Waals surface area contributed by atoms with E-state index in [-0.39, 0.29) is 11.6 Å². The highest BCUT2D eigenvalue weighted by Gasteiger charge is 2.27. The summed E-state index contributed by atoms with van der Waals surface area (Å²) >= 11 is 0.642. The Bertz CT molecular complexity index is 597. The maximum atomic E-state index is 11.9. The second kappa shape index (κ2) is 6.72. The van der Waals surface area contributed by atoms with Gasteiger partial charge in [0, 0.05) is 6.92 Å². The molecule has 0 saturated carbocycles. The Kier molecular flexibility index (Phi) is 5.53. The number of hydrogen-bond donors (Lipinski definition) is 3. The summed E-state index contributed by atoms with van der Waals surface area (Å²) in [6, 6.07) is -1.22. The summed E-state index contributed by atoms with van der Waals surface area (Å²) in [6.07, 6.45) is 0.665. The summed E-state index contributed by atoms with van der Waals surface area (Å²) in [6.45, 7) is 2.99. The van der Waals surface area contributed by atoms with E-state index < -0.39 is 32.3 Å². The zero-order valence-electron chi connectivity index (χ0n) is 10.8. The predicted octanol–water partition coefficient (Wildman–Crippen LogP) is 0.0281. The monoisotopic (exact) mass is 322 g/mol. The van der Waals surface area contributed by atoms with Crippen LogP contribution in [0.2, 0.25) is 0 Å². The Morgan fingerprint density at radius 2 is 2.05 bits per heavy atom. The van der Waals surface area contributed by atoms with Crippen molar-refractivity contribution in [3.05, 3.63) is 0 Å². The topological polar surface area (TPSA) is 138 Å². The highest BCUT2D eigenvalue weighted by molar-refractivity contribution is 7.91. The molecule has 1 heterocycles. The van der Waals surface area contributed by atoms with Crippen molar-refractivity contribution in [2.24, 2.45) is 0 Å². The third-order valence-electron chi connectivity index (χ3n) is 2.09. The number of aromatic nitrogens is 2. The summed E-state index contributed by atoms with van der Waals surface area (Å²) in [7, 11) is -4.08. The van der Waals surface area contributed by atoms with Gasteiger partial charge in [-0.2, -0.15) is 4.72 Å². The molecular formula is C9H14N4O5S2. The van der Waals surface area contributed by atoms with Gasteiger partial charge in [-0.25, -0.2) is 8.42 Å². The molecule has 1 amide bonds. The lowest BCUT2D eigenvalue weighted by Crippen LogP contribution is -2.40. The average molecular weight is 322 g/mol. The van der Waals surface area contributed by atoms with E-state index in [0.717, 1.165) is 0 Å². The second-order valence-corrected chi connectivity index (χ2v) is 6.72. The van der Waals surface area contributed by atoms with Crippen LogP contribution in [-0.2, 0) is 19.6 Å². The summed E-state index contributed by atoms with van der Waals surface area (Å²) in [5.41, 5.74) is 0. The third kappa shape index (κ3) is 4.51. The predicted molar refractivity (Wildman–Crippen MR) is 70.9 cm³/mol. The first-order valence-electron chi connectivity index (χ1n) is 5.62. The van der Waals surface area contributed by atoms with Crippen LogP contribution in [0.25, 0.3) is 0 Å². The van der Waals surface area contributed by atoms with Gasteiger partial charge in [-0.05, 0) is 6.42 Å². The molecule has 0 radical (unpaired) electrons. The molecule has 0 fully saturated rings. The van der Waals surface area contributed by atoms with Crippen molar-refractivity contribution in [3.8, 4) is 0 Å². The Labute approximate surface area is 119 Å². The number of carboxylic acids is 1. The fourth-order valence-electron chi connectivity index (χ4n) is 1.28. The molecule has 0 bridgehead atoms. The maximum Gasteiger partial charge on any atom is 0.321 e. The van der Waals surface area contributed by atoms with Crippen molar-refractivity contribution in [2.75, 3.05) is 5.32 Å². The molecule has 1 aromatic rings. The van der Waals surface area contributed by atoms with E-state index in [0.29, 0.717) is 17.8 Å². The Morgan fingerprint density at radius 1 is 1.40 bits per heavy atom. The third-order valence-corrected chi connectivity index (χ3v) is 4.77. The first-order valence-corrected chi connectivity index (χ1v) is 7.92. The van der Waals surface area contributed by atoms with Crippen molar-refractivity contribution in [3.63, 3.8) is 0 Å². The van der Waals surface area contributed by atoms with Gasteiger partial charge >= 0.3 is 5.97 Å². The lowest BCUT2D eigenvalue weighted by atomic mass is 10.2. The number of amides is 1. The smallest absolute Gasteiger partial charge is 0.321 e. The first kappa shape index (κ1) is 16.5. The molecule has 1 aromatic heterocycles. The molecule has 0 aliphatic heterocycles. The molecule has 0 unspecified atom stereocenters. The fourth-order valence-corrected chi connectivity index (χ4v) is 3.46. The van der Waals surface area contributed by atoms with Gasteiger partial charge in [-0.3, -0.25) is 9.59 Å². The van der Waals surface area contributed by atoms with Crippen molar-refractivity contribution in [1.29, 1.82) is 0 Å². The molecular weight excluding hydrogens is 308 g/mol. The van der Waals surface area contributed by atoms with E-state index in [2.05, 4.69) is 15.5 Å². The van der Waals surface area contributed by atoms with Crippen LogP contribution in [0.1, 0.15) is 26.7 Å². The van der Waals surface area contributed by atoms with E-state index in [1.807, 2.05) is 4.72 Å². The summed E-state index contributed by atoms with van der Waals surface area (Å²) in [5, 5.41) is 18.2. The number of sulfonamides is 1. The summed E-state index contributed by atoms with van der Waals surface area (Å²) in [5.74, 6) is -1.67. The van der Waals surface area contributed by atoms with E-state index in [1.54, 1.807) is 6.92 Å². The van der Waals surface area contributed by atoms with Crippen LogP contribution in [0.4, 0.5) is 5.13 Å². The molecule has 112 valence electrons. The van der Waals surface area contributed by atoms with Crippen LogP contribution in [0.3, 0.4) is 0 Å². The molecule has 0 aromatic carbocycles. The Balaban J connectivity index is 2.90. The van der Waals surface area contributed by atoms with E-state index in [1.165, 1.54) is 6.92 Å². The highest BCUT2D eigenvalue weighted by Crippen LogP contribution is 2.20. The zero-order valence-corrected chi connectivity index (χ0v) is 12.4. The molecule has 20 heavy (non-hydrogen) atoms. The van der Waals surface area contributed by atoms with Gasteiger partial charge in [0.05, 0.1) is 0 Å². The number of carbonyl (C=O) groups excluding carboxylic acids is 1. The Morgan fingerprint density at radius 3 is 2.55 bits per heavy atom. The molecule has 0 aliphatic carbocycles. The second-order valence-electron chi connectivity index (χ2n) is 3.86. The lowest BCUT2D eigenvalue weighted by Gasteiger charge is -2.11. The Hall–Kier alpha value is -1.59. The maximum absolute atomic E-state index is 11.9. The number of hydrogen-bond acceptors (Lipinski definition) is 7. The van der Waals surface area contributed by atoms with Crippen molar-refractivity contribution < 1.29 is 23.1 Å². The van der Waals surface area contributed by atoms with Crippen LogP contribution in [0.5, 0.6) is 0 Å². The molecule has 0 saturated heterocycles. The molecule has 1 atom stereocenters. The highest BCUT2D eigenvalue weighted by atomic mass is 32.2. The van der Waals surface area contributed by atoms with Gasteiger partial charge in [0.15, 0.2) is 0 Å². The van der Waals surface area contributed by atoms with Crippen molar-refractivity contribution in [1.82, 2.24) is 14.9 Å².